The monoisotopic (exact) mass is 562 g/mol. The highest BCUT2D eigenvalue weighted by molar-refractivity contribution is 5.96. The molecule has 4 rings (SSSR count). The fourth-order valence-corrected chi connectivity index (χ4v) is 4.31. The summed E-state index contributed by atoms with van der Waals surface area (Å²) in [5.74, 6) is 2.74. The second-order valence-corrected chi connectivity index (χ2v) is 8.64. The van der Waals surface area contributed by atoms with E-state index in [1.807, 2.05) is 0 Å². The summed E-state index contributed by atoms with van der Waals surface area (Å²) in [6.45, 7) is 4.63. The second kappa shape index (κ2) is 15.0. The summed E-state index contributed by atoms with van der Waals surface area (Å²) in [7, 11) is 9.18. The molecule has 0 spiro atoms. The van der Waals surface area contributed by atoms with Gasteiger partial charge in [-0.2, -0.15) is 0 Å². The first-order valence-electron chi connectivity index (χ1n) is 12.8. The van der Waals surface area contributed by atoms with Crippen LogP contribution in [-0.4, -0.2) is 117 Å². The van der Waals surface area contributed by atoms with E-state index < -0.39 is 0 Å². The van der Waals surface area contributed by atoms with Crippen molar-refractivity contribution in [3.8, 4) is 34.5 Å². The molecule has 2 aromatic carbocycles. The lowest BCUT2D eigenvalue weighted by Crippen LogP contribution is -2.40. The van der Waals surface area contributed by atoms with Gasteiger partial charge in [0, 0.05) is 37.3 Å². The molecule has 0 aromatic heterocycles. The zero-order chi connectivity index (χ0) is 29.1. The number of hydrogen-bond donors (Lipinski definition) is 0. The zero-order valence-electron chi connectivity index (χ0n) is 23.9. The maximum absolute atomic E-state index is 12.5. The lowest BCUT2D eigenvalue weighted by molar-refractivity contribution is 0.0301. The Balaban J connectivity index is 0.000000220. The van der Waals surface area contributed by atoms with Gasteiger partial charge in [-0.1, -0.05) is 0 Å². The van der Waals surface area contributed by atoms with E-state index >= 15 is 0 Å². The minimum absolute atomic E-state index is 0.0625. The normalized spacial score (nSPS) is 14.8. The van der Waals surface area contributed by atoms with Crippen LogP contribution in [0.1, 0.15) is 20.7 Å². The molecule has 2 aromatic rings. The third kappa shape index (κ3) is 7.19. The van der Waals surface area contributed by atoms with E-state index in [2.05, 4.69) is 0 Å². The molecular weight excluding hydrogens is 524 g/mol. The third-order valence-corrected chi connectivity index (χ3v) is 6.42. The molecule has 0 aliphatic carbocycles. The highest BCUT2D eigenvalue weighted by Crippen LogP contribution is 2.39. The molecule has 0 radical (unpaired) electrons. The van der Waals surface area contributed by atoms with Crippen molar-refractivity contribution in [2.45, 2.75) is 0 Å². The number of carbonyl (C=O) groups is 2. The van der Waals surface area contributed by atoms with E-state index in [0.29, 0.717) is 98.2 Å². The van der Waals surface area contributed by atoms with E-state index in [9.17, 15) is 9.59 Å². The molecule has 2 aliphatic rings. The molecule has 0 atom stereocenters. The quantitative estimate of drug-likeness (QED) is 0.475. The van der Waals surface area contributed by atoms with Gasteiger partial charge in [0.2, 0.25) is 11.5 Å². The Morgan fingerprint density at radius 2 is 0.800 bits per heavy atom. The zero-order valence-corrected chi connectivity index (χ0v) is 23.9. The minimum atomic E-state index is -0.0625. The highest BCUT2D eigenvalue weighted by Gasteiger charge is 2.24. The topological polar surface area (TPSA) is 114 Å². The standard InChI is InChI=1S/2C14H19NO5/c2*1-17-11-8-10(9-12(18-2)13(11)19-3)14(16)15-4-6-20-7-5-15/h2*8-9H,4-7H2,1-3H3. The van der Waals surface area contributed by atoms with Crippen molar-refractivity contribution in [1.82, 2.24) is 9.80 Å². The van der Waals surface area contributed by atoms with Gasteiger partial charge in [-0.3, -0.25) is 9.59 Å². The Labute approximate surface area is 234 Å². The van der Waals surface area contributed by atoms with Gasteiger partial charge in [0.1, 0.15) is 0 Å². The van der Waals surface area contributed by atoms with Crippen LogP contribution in [0.15, 0.2) is 24.3 Å². The first-order valence-corrected chi connectivity index (χ1v) is 12.8. The summed E-state index contributed by atoms with van der Waals surface area (Å²) < 4.78 is 42.0. The average molecular weight is 563 g/mol. The van der Waals surface area contributed by atoms with Crippen molar-refractivity contribution in [2.75, 3.05) is 95.3 Å². The van der Waals surface area contributed by atoms with Crippen LogP contribution < -0.4 is 28.4 Å². The summed E-state index contributed by atoms with van der Waals surface area (Å²) in [6, 6.07) is 6.66. The number of methoxy groups -OCH3 is 6. The van der Waals surface area contributed by atoms with E-state index in [4.69, 9.17) is 37.9 Å². The van der Waals surface area contributed by atoms with Crippen molar-refractivity contribution in [3.63, 3.8) is 0 Å². The number of benzene rings is 2. The molecule has 2 amide bonds. The van der Waals surface area contributed by atoms with Gasteiger partial charge < -0.3 is 47.7 Å². The molecular formula is C28H38N2O10. The molecule has 2 saturated heterocycles. The van der Waals surface area contributed by atoms with Gasteiger partial charge in [0.25, 0.3) is 11.8 Å². The second-order valence-electron chi connectivity index (χ2n) is 8.64. The fraction of sp³-hybridized carbons (Fsp3) is 0.500. The van der Waals surface area contributed by atoms with Gasteiger partial charge in [0.05, 0.1) is 69.1 Å². The van der Waals surface area contributed by atoms with Gasteiger partial charge in [-0.25, -0.2) is 0 Å². The number of morpholine rings is 2. The van der Waals surface area contributed by atoms with Crippen LogP contribution in [0.2, 0.25) is 0 Å². The summed E-state index contributed by atoms with van der Waals surface area (Å²) in [5.41, 5.74) is 1.03. The number of hydrogen-bond acceptors (Lipinski definition) is 10. The number of amides is 2. The van der Waals surface area contributed by atoms with Crippen molar-refractivity contribution in [2.24, 2.45) is 0 Å². The van der Waals surface area contributed by atoms with Crippen molar-refractivity contribution in [1.29, 1.82) is 0 Å². The third-order valence-electron chi connectivity index (χ3n) is 6.42. The van der Waals surface area contributed by atoms with Crippen molar-refractivity contribution < 1.29 is 47.5 Å². The van der Waals surface area contributed by atoms with Gasteiger partial charge in [0.15, 0.2) is 23.0 Å². The Morgan fingerprint density at radius 1 is 0.525 bits per heavy atom. The molecule has 40 heavy (non-hydrogen) atoms. The van der Waals surface area contributed by atoms with Crippen molar-refractivity contribution in [3.05, 3.63) is 35.4 Å². The van der Waals surface area contributed by atoms with Gasteiger partial charge in [-0.15, -0.1) is 0 Å². The largest absolute Gasteiger partial charge is 0.493 e. The molecule has 0 bridgehead atoms. The summed E-state index contributed by atoms with van der Waals surface area (Å²) in [4.78, 5) is 28.4. The Morgan fingerprint density at radius 3 is 1.02 bits per heavy atom. The SMILES string of the molecule is COc1cc(C(=O)N2CCOCC2)cc(OC)c1OC.COc1cc(C(=O)N2CCOCC2)cc(OC)c1OC. The van der Waals surface area contributed by atoms with Crippen LogP contribution in [0.25, 0.3) is 0 Å². The number of nitrogens with zero attached hydrogens (tertiary/aromatic N) is 2. The van der Waals surface area contributed by atoms with Crippen LogP contribution in [-0.2, 0) is 9.47 Å². The minimum Gasteiger partial charge on any atom is -0.493 e. The number of rotatable bonds is 8. The van der Waals surface area contributed by atoms with Gasteiger partial charge >= 0.3 is 0 Å². The number of carbonyl (C=O) groups excluding carboxylic acids is 2. The molecule has 2 aliphatic heterocycles. The maximum Gasteiger partial charge on any atom is 0.254 e. The predicted molar refractivity (Wildman–Crippen MR) is 146 cm³/mol. The number of ether oxygens (including phenoxy) is 8. The summed E-state index contributed by atoms with van der Waals surface area (Å²) >= 11 is 0. The molecule has 2 heterocycles. The van der Waals surface area contributed by atoms with Crippen LogP contribution in [0.3, 0.4) is 0 Å². The first-order chi connectivity index (χ1) is 19.4. The molecule has 12 heteroatoms. The lowest BCUT2D eigenvalue weighted by atomic mass is 10.1. The Hall–Kier alpha value is -3.90. The highest BCUT2D eigenvalue weighted by atomic mass is 16.5. The Kier molecular flexibility index (Phi) is 11.5. The van der Waals surface area contributed by atoms with E-state index in [1.165, 1.54) is 42.7 Å². The molecule has 0 saturated carbocycles. The molecule has 12 nitrogen and oxygen atoms in total. The lowest BCUT2D eigenvalue weighted by Gasteiger charge is -2.27. The van der Waals surface area contributed by atoms with Crippen LogP contribution in [0.5, 0.6) is 34.5 Å². The summed E-state index contributed by atoms with van der Waals surface area (Å²) in [5, 5.41) is 0. The van der Waals surface area contributed by atoms with Crippen LogP contribution in [0, 0.1) is 0 Å². The first kappa shape index (κ1) is 30.6. The van der Waals surface area contributed by atoms with E-state index in [1.54, 1.807) is 34.1 Å². The predicted octanol–water partition coefficient (Wildman–Crippen LogP) is 2.37. The Bertz CT molecular complexity index is 1000. The average Bonchev–Trinajstić information content (AvgIpc) is 3.03. The molecule has 2 fully saturated rings. The molecule has 0 unspecified atom stereocenters. The molecule has 0 N–H and O–H groups in total. The van der Waals surface area contributed by atoms with Crippen LogP contribution >= 0.6 is 0 Å². The van der Waals surface area contributed by atoms with Crippen molar-refractivity contribution >= 4 is 11.8 Å². The van der Waals surface area contributed by atoms with E-state index in [-0.39, 0.29) is 11.8 Å². The van der Waals surface area contributed by atoms with Crippen LogP contribution in [0.4, 0.5) is 0 Å². The fourth-order valence-electron chi connectivity index (χ4n) is 4.31. The van der Waals surface area contributed by atoms with Gasteiger partial charge in [-0.05, 0) is 24.3 Å². The van der Waals surface area contributed by atoms with E-state index in [0.717, 1.165) is 0 Å². The summed E-state index contributed by atoms with van der Waals surface area (Å²) in [6.07, 6.45) is 0. The maximum atomic E-state index is 12.5. The molecule has 220 valence electrons. The smallest absolute Gasteiger partial charge is 0.254 e.